The number of amides is 1. The summed E-state index contributed by atoms with van der Waals surface area (Å²) in [5, 5.41) is 2.82. The van der Waals surface area contributed by atoms with Crippen LogP contribution in [0.25, 0.3) is 6.08 Å². The molecule has 0 aromatic heterocycles. The average Bonchev–Trinajstić information content (AvgIpc) is 2.47. The van der Waals surface area contributed by atoms with Gasteiger partial charge >= 0.3 is 6.09 Å². The van der Waals surface area contributed by atoms with Crippen LogP contribution in [0.15, 0.2) is 30.8 Å². The molecule has 1 aliphatic rings. The maximum atomic E-state index is 12.2. The van der Waals surface area contributed by atoms with E-state index >= 15 is 0 Å². The van der Waals surface area contributed by atoms with E-state index in [9.17, 15) is 4.79 Å². The lowest BCUT2D eigenvalue weighted by Gasteiger charge is -2.36. The van der Waals surface area contributed by atoms with Crippen molar-refractivity contribution in [2.75, 3.05) is 5.32 Å². The van der Waals surface area contributed by atoms with Crippen molar-refractivity contribution < 1.29 is 9.53 Å². The second-order valence-electron chi connectivity index (χ2n) is 6.72. The highest BCUT2D eigenvalue weighted by Crippen LogP contribution is 2.35. The third-order valence-electron chi connectivity index (χ3n) is 4.61. The minimum absolute atomic E-state index is 0.0243. The third-order valence-corrected chi connectivity index (χ3v) is 4.61. The molecule has 120 valence electrons. The van der Waals surface area contributed by atoms with Crippen molar-refractivity contribution in [3.05, 3.63) is 36.4 Å². The van der Waals surface area contributed by atoms with Crippen LogP contribution in [-0.2, 0) is 4.74 Å². The summed E-state index contributed by atoms with van der Waals surface area (Å²) in [5.41, 5.74) is 1.78. The Balaban J connectivity index is 1.95. The quantitative estimate of drug-likeness (QED) is 0.815. The zero-order valence-electron chi connectivity index (χ0n) is 13.8. The van der Waals surface area contributed by atoms with Gasteiger partial charge < -0.3 is 4.74 Å². The molecule has 0 unspecified atom stereocenters. The van der Waals surface area contributed by atoms with Crippen molar-refractivity contribution in [1.82, 2.24) is 0 Å². The van der Waals surface area contributed by atoms with E-state index in [4.69, 9.17) is 4.74 Å². The van der Waals surface area contributed by atoms with E-state index in [1.54, 1.807) is 6.08 Å². The Hall–Kier alpha value is -1.77. The summed E-state index contributed by atoms with van der Waals surface area (Å²) in [4.78, 5) is 12.2. The second kappa shape index (κ2) is 7.48. The van der Waals surface area contributed by atoms with E-state index in [2.05, 4.69) is 32.7 Å². The van der Waals surface area contributed by atoms with Crippen LogP contribution in [0.2, 0.25) is 0 Å². The maximum absolute atomic E-state index is 12.2. The van der Waals surface area contributed by atoms with Gasteiger partial charge in [0, 0.05) is 5.69 Å². The molecule has 3 heteroatoms. The number of hydrogen-bond donors (Lipinski definition) is 1. The molecule has 0 aliphatic heterocycles. The molecule has 0 spiro atoms. The number of benzene rings is 1. The fourth-order valence-corrected chi connectivity index (χ4v) is 3.24. The smallest absolute Gasteiger partial charge is 0.411 e. The second-order valence-corrected chi connectivity index (χ2v) is 6.72. The molecule has 2 rings (SSSR count). The van der Waals surface area contributed by atoms with Gasteiger partial charge in [-0.3, -0.25) is 5.32 Å². The van der Waals surface area contributed by atoms with E-state index in [0.29, 0.717) is 17.8 Å². The zero-order valence-corrected chi connectivity index (χ0v) is 13.8. The minimum Gasteiger partial charge on any atom is -0.446 e. The Morgan fingerprint density at radius 1 is 1.32 bits per heavy atom. The van der Waals surface area contributed by atoms with Gasteiger partial charge in [0.1, 0.15) is 6.10 Å². The van der Waals surface area contributed by atoms with Gasteiger partial charge in [0.05, 0.1) is 0 Å². The summed E-state index contributed by atoms with van der Waals surface area (Å²) < 4.78 is 5.73. The molecule has 22 heavy (non-hydrogen) atoms. The number of anilines is 1. The lowest BCUT2D eigenvalue weighted by molar-refractivity contribution is 0.0126. The fourth-order valence-electron chi connectivity index (χ4n) is 3.24. The molecule has 0 bridgehead atoms. The summed E-state index contributed by atoms with van der Waals surface area (Å²) >= 11 is 0. The summed E-state index contributed by atoms with van der Waals surface area (Å²) in [6, 6.07) is 7.56. The molecule has 1 N–H and O–H groups in total. The lowest BCUT2D eigenvalue weighted by atomic mass is 9.75. The highest BCUT2D eigenvalue weighted by molar-refractivity contribution is 5.84. The molecule has 0 saturated heterocycles. The number of hydrogen-bond acceptors (Lipinski definition) is 2. The zero-order chi connectivity index (χ0) is 16.1. The highest BCUT2D eigenvalue weighted by Gasteiger charge is 2.33. The molecule has 1 amide bonds. The standard InChI is InChI=1S/C19H27NO2/c1-5-15-7-9-16(10-8-15)20-19(21)22-18-12-14(4)6-11-17(18)13(2)3/h5,7-10,13-14,17-18H,1,6,11-12H2,2-4H3,(H,20,21)/t14-,17+,18-/m1/s1. The van der Waals surface area contributed by atoms with Crippen molar-refractivity contribution in [1.29, 1.82) is 0 Å². The molecule has 1 fully saturated rings. The first-order chi connectivity index (χ1) is 10.5. The Morgan fingerprint density at radius 2 is 2.00 bits per heavy atom. The number of carbonyl (C=O) groups is 1. The van der Waals surface area contributed by atoms with Gasteiger partial charge in [-0.15, -0.1) is 0 Å². The predicted molar refractivity (Wildman–Crippen MR) is 91.8 cm³/mol. The summed E-state index contributed by atoms with van der Waals surface area (Å²) in [6.45, 7) is 10.4. The summed E-state index contributed by atoms with van der Waals surface area (Å²) in [7, 11) is 0. The fraction of sp³-hybridized carbons (Fsp3) is 0.526. The van der Waals surface area contributed by atoms with Crippen LogP contribution in [0, 0.1) is 17.8 Å². The van der Waals surface area contributed by atoms with E-state index in [1.807, 2.05) is 24.3 Å². The number of nitrogens with one attached hydrogen (secondary N) is 1. The number of ether oxygens (including phenoxy) is 1. The van der Waals surface area contributed by atoms with Gasteiger partial charge in [0.2, 0.25) is 0 Å². The number of carbonyl (C=O) groups excluding carboxylic acids is 1. The first kappa shape index (κ1) is 16.6. The minimum atomic E-state index is -0.351. The van der Waals surface area contributed by atoms with Crippen molar-refractivity contribution in [2.45, 2.75) is 46.1 Å². The van der Waals surface area contributed by atoms with E-state index in [-0.39, 0.29) is 12.2 Å². The molecule has 3 nitrogen and oxygen atoms in total. The van der Waals surface area contributed by atoms with Gasteiger partial charge in [0.15, 0.2) is 0 Å². The van der Waals surface area contributed by atoms with Crippen molar-refractivity contribution >= 4 is 17.9 Å². The molecule has 1 aromatic rings. The summed E-state index contributed by atoms with van der Waals surface area (Å²) in [5.74, 6) is 1.63. The Kier molecular flexibility index (Phi) is 5.64. The first-order valence-corrected chi connectivity index (χ1v) is 8.19. The van der Waals surface area contributed by atoms with Crippen LogP contribution < -0.4 is 5.32 Å². The van der Waals surface area contributed by atoms with Crippen LogP contribution in [0.1, 0.15) is 45.6 Å². The van der Waals surface area contributed by atoms with Crippen LogP contribution in [-0.4, -0.2) is 12.2 Å². The molecular weight excluding hydrogens is 274 g/mol. The van der Waals surface area contributed by atoms with E-state index in [1.165, 1.54) is 6.42 Å². The average molecular weight is 301 g/mol. The van der Waals surface area contributed by atoms with Crippen molar-refractivity contribution in [3.63, 3.8) is 0 Å². The molecule has 0 heterocycles. The normalized spacial score (nSPS) is 24.8. The number of rotatable bonds is 4. The van der Waals surface area contributed by atoms with Crippen LogP contribution in [0.5, 0.6) is 0 Å². The van der Waals surface area contributed by atoms with Crippen molar-refractivity contribution in [2.24, 2.45) is 17.8 Å². The Morgan fingerprint density at radius 3 is 2.59 bits per heavy atom. The molecule has 3 atom stereocenters. The Labute approximate surface area is 133 Å². The SMILES string of the molecule is C=Cc1ccc(NC(=O)O[C@@H]2C[C@H](C)CC[C@H]2C(C)C)cc1. The largest absolute Gasteiger partial charge is 0.446 e. The summed E-state index contributed by atoms with van der Waals surface area (Å²) in [6.07, 6.45) is 4.79. The van der Waals surface area contributed by atoms with Gasteiger partial charge in [-0.2, -0.15) is 0 Å². The van der Waals surface area contributed by atoms with Gasteiger partial charge in [-0.1, -0.05) is 52.0 Å². The van der Waals surface area contributed by atoms with Gasteiger partial charge in [0.25, 0.3) is 0 Å². The van der Waals surface area contributed by atoms with Gasteiger partial charge in [-0.25, -0.2) is 4.79 Å². The topological polar surface area (TPSA) is 38.3 Å². The predicted octanol–water partition coefficient (Wildman–Crippen LogP) is 5.34. The molecular formula is C19H27NO2. The molecule has 1 aliphatic carbocycles. The Bertz CT molecular complexity index is 507. The monoisotopic (exact) mass is 301 g/mol. The van der Waals surface area contributed by atoms with Crippen LogP contribution in [0.3, 0.4) is 0 Å². The lowest BCUT2D eigenvalue weighted by Crippen LogP contribution is -2.36. The molecule has 1 saturated carbocycles. The molecule has 1 aromatic carbocycles. The van der Waals surface area contributed by atoms with E-state index < -0.39 is 0 Å². The van der Waals surface area contributed by atoms with Crippen LogP contribution in [0.4, 0.5) is 10.5 Å². The first-order valence-electron chi connectivity index (χ1n) is 8.19. The third kappa shape index (κ3) is 4.36. The molecule has 0 radical (unpaired) electrons. The highest BCUT2D eigenvalue weighted by atomic mass is 16.6. The maximum Gasteiger partial charge on any atom is 0.411 e. The van der Waals surface area contributed by atoms with Crippen LogP contribution >= 0.6 is 0 Å². The van der Waals surface area contributed by atoms with Crippen molar-refractivity contribution in [3.8, 4) is 0 Å². The van der Waals surface area contributed by atoms with E-state index in [0.717, 1.165) is 24.1 Å². The van der Waals surface area contributed by atoms with Gasteiger partial charge in [-0.05, 0) is 48.3 Å².